The molecule has 0 saturated heterocycles. The average molecular weight is 399 g/mol. The predicted octanol–water partition coefficient (Wildman–Crippen LogP) is 9.21. The normalized spacial score (nSPS) is 11.6. The Morgan fingerprint density at radius 2 is 0.714 bits per heavy atom. The maximum atomic E-state index is 6.08. The van der Waals surface area contributed by atoms with Crippen LogP contribution >= 0.6 is 0 Å². The summed E-state index contributed by atoms with van der Waals surface area (Å²) >= 11 is 0. The molecule has 0 aromatic heterocycles. The summed E-state index contributed by atoms with van der Waals surface area (Å²) in [6.07, 6.45) is 26.6. The molecule has 0 unspecified atom stereocenters. The van der Waals surface area contributed by atoms with Gasteiger partial charge in [-0.25, -0.2) is 0 Å². The Labute approximate surface area is 178 Å². The lowest BCUT2D eigenvalue weighted by atomic mass is 10.1. The van der Waals surface area contributed by atoms with Gasteiger partial charge in [0.25, 0.3) is 0 Å². The summed E-state index contributed by atoms with van der Waals surface area (Å²) < 4.78 is 12.2. The number of unbranched alkanes of at least 4 members (excludes halogenated alkanes) is 16. The Hall–Kier alpha value is -0.0800. The molecule has 2 nitrogen and oxygen atoms in total. The molecule has 0 aliphatic heterocycles. The summed E-state index contributed by atoms with van der Waals surface area (Å²) in [5, 5.41) is 0. The molecule has 0 heterocycles. The predicted molar refractivity (Wildman–Crippen MR) is 125 cm³/mol. The van der Waals surface area contributed by atoms with Gasteiger partial charge in [-0.1, -0.05) is 124 Å². The fourth-order valence-electron chi connectivity index (χ4n) is 3.68. The van der Waals surface area contributed by atoms with Gasteiger partial charge in [0, 0.05) is 13.2 Å². The van der Waals surface area contributed by atoms with Crippen molar-refractivity contribution in [2.45, 2.75) is 155 Å². The summed E-state index contributed by atoms with van der Waals surface area (Å²) in [5.41, 5.74) is 0. The summed E-state index contributed by atoms with van der Waals surface area (Å²) in [4.78, 5) is 0. The molecule has 0 fully saturated rings. The highest BCUT2D eigenvalue weighted by Gasteiger charge is 2.09. The van der Waals surface area contributed by atoms with Gasteiger partial charge in [0.2, 0.25) is 0 Å². The second kappa shape index (κ2) is 25.0. The SMILES string of the molecule is CCCCCCCCCCOC(CCCCC)OCCCCCCCCCC. The van der Waals surface area contributed by atoms with Crippen LogP contribution in [0, 0.1) is 0 Å². The van der Waals surface area contributed by atoms with E-state index in [0.717, 1.165) is 19.6 Å². The van der Waals surface area contributed by atoms with Crippen LogP contribution in [0.25, 0.3) is 0 Å². The second-order valence-electron chi connectivity index (χ2n) is 8.62. The van der Waals surface area contributed by atoms with Gasteiger partial charge in [-0.05, 0) is 25.7 Å². The van der Waals surface area contributed by atoms with Crippen LogP contribution in [-0.2, 0) is 9.47 Å². The molecule has 28 heavy (non-hydrogen) atoms. The van der Waals surface area contributed by atoms with Crippen LogP contribution in [0.15, 0.2) is 0 Å². The van der Waals surface area contributed by atoms with Crippen molar-refractivity contribution in [3.63, 3.8) is 0 Å². The van der Waals surface area contributed by atoms with E-state index < -0.39 is 0 Å². The standard InChI is InChI=1S/C26H54O2/c1-4-7-10-12-14-16-18-21-24-27-26(23-20-9-6-3)28-25-22-19-17-15-13-11-8-5-2/h26H,4-25H2,1-3H3. The lowest BCUT2D eigenvalue weighted by molar-refractivity contribution is -0.148. The molecule has 0 spiro atoms. The van der Waals surface area contributed by atoms with Crippen LogP contribution in [0.2, 0.25) is 0 Å². The molecule has 0 aliphatic rings. The molecule has 0 radical (unpaired) electrons. The zero-order chi connectivity index (χ0) is 20.5. The molecule has 0 amide bonds. The molecular weight excluding hydrogens is 344 g/mol. The molecule has 0 rings (SSSR count). The van der Waals surface area contributed by atoms with E-state index >= 15 is 0 Å². The van der Waals surface area contributed by atoms with Crippen molar-refractivity contribution in [3.05, 3.63) is 0 Å². The Balaban J connectivity index is 3.62. The first-order valence-corrected chi connectivity index (χ1v) is 13.1. The van der Waals surface area contributed by atoms with E-state index in [1.54, 1.807) is 0 Å². The summed E-state index contributed by atoms with van der Waals surface area (Å²) in [6.45, 7) is 8.58. The Morgan fingerprint density at radius 3 is 1.11 bits per heavy atom. The van der Waals surface area contributed by atoms with Crippen LogP contribution in [-0.4, -0.2) is 19.5 Å². The molecular formula is C26H54O2. The first-order valence-electron chi connectivity index (χ1n) is 13.1. The van der Waals surface area contributed by atoms with E-state index in [1.807, 2.05) is 0 Å². The van der Waals surface area contributed by atoms with Crippen LogP contribution in [0.4, 0.5) is 0 Å². The fourth-order valence-corrected chi connectivity index (χ4v) is 3.68. The monoisotopic (exact) mass is 398 g/mol. The van der Waals surface area contributed by atoms with E-state index in [1.165, 1.54) is 122 Å². The molecule has 0 bridgehead atoms. The van der Waals surface area contributed by atoms with E-state index in [-0.39, 0.29) is 6.29 Å². The molecule has 0 aromatic rings. The third kappa shape index (κ3) is 22.2. The smallest absolute Gasteiger partial charge is 0.157 e. The zero-order valence-corrected chi connectivity index (χ0v) is 20.0. The Morgan fingerprint density at radius 1 is 0.393 bits per heavy atom. The largest absolute Gasteiger partial charge is 0.353 e. The highest BCUT2D eigenvalue weighted by Crippen LogP contribution is 2.13. The van der Waals surface area contributed by atoms with E-state index in [0.29, 0.717) is 0 Å². The van der Waals surface area contributed by atoms with E-state index in [2.05, 4.69) is 20.8 Å². The number of rotatable bonds is 24. The van der Waals surface area contributed by atoms with Crippen molar-refractivity contribution in [3.8, 4) is 0 Å². The minimum atomic E-state index is 0.0423. The zero-order valence-electron chi connectivity index (χ0n) is 20.0. The first-order chi connectivity index (χ1) is 13.8. The van der Waals surface area contributed by atoms with Gasteiger partial charge in [-0.2, -0.15) is 0 Å². The van der Waals surface area contributed by atoms with Crippen LogP contribution < -0.4 is 0 Å². The minimum Gasteiger partial charge on any atom is -0.353 e. The molecule has 0 saturated carbocycles. The van der Waals surface area contributed by atoms with Crippen LogP contribution in [0.5, 0.6) is 0 Å². The van der Waals surface area contributed by atoms with Gasteiger partial charge in [0.05, 0.1) is 0 Å². The summed E-state index contributed by atoms with van der Waals surface area (Å²) in [6, 6.07) is 0. The highest BCUT2D eigenvalue weighted by molar-refractivity contribution is 4.51. The quantitative estimate of drug-likeness (QED) is 0.119. The van der Waals surface area contributed by atoms with Crippen molar-refractivity contribution in [2.75, 3.05) is 13.2 Å². The number of hydrogen-bond acceptors (Lipinski definition) is 2. The molecule has 0 aromatic carbocycles. The Bertz CT molecular complexity index is 245. The van der Waals surface area contributed by atoms with Crippen molar-refractivity contribution < 1.29 is 9.47 Å². The van der Waals surface area contributed by atoms with Gasteiger partial charge < -0.3 is 9.47 Å². The van der Waals surface area contributed by atoms with Gasteiger partial charge in [-0.3, -0.25) is 0 Å². The maximum Gasteiger partial charge on any atom is 0.157 e. The van der Waals surface area contributed by atoms with Gasteiger partial charge in [0.15, 0.2) is 6.29 Å². The van der Waals surface area contributed by atoms with Crippen molar-refractivity contribution in [1.29, 1.82) is 0 Å². The van der Waals surface area contributed by atoms with E-state index in [4.69, 9.17) is 9.47 Å². The van der Waals surface area contributed by atoms with Crippen LogP contribution in [0.3, 0.4) is 0 Å². The maximum absolute atomic E-state index is 6.08. The summed E-state index contributed by atoms with van der Waals surface area (Å²) in [7, 11) is 0. The van der Waals surface area contributed by atoms with Crippen molar-refractivity contribution >= 4 is 0 Å². The molecule has 0 N–H and O–H groups in total. The first kappa shape index (κ1) is 27.9. The van der Waals surface area contributed by atoms with E-state index in [9.17, 15) is 0 Å². The third-order valence-electron chi connectivity index (χ3n) is 5.65. The van der Waals surface area contributed by atoms with Crippen molar-refractivity contribution in [2.24, 2.45) is 0 Å². The third-order valence-corrected chi connectivity index (χ3v) is 5.65. The van der Waals surface area contributed by atoms with Gasteiger partial charge in [0.1, 0.15) is 0 Å². The number of ether oxygens (including phenoxy) is 2. The fraction of sp³-hybridized carbons (Fsp3) is 1.00. The second-order valence-corrected chi connectivity index (χ2v) is 8.62. The Kier molecular flexibility index (Phi) is 24.9. The minimum absolute atomic E-state index is 0.0423. The molecule has 0 atom stereocenters. The van der Waals surface area contributed by atoms with Crippen molar-refractivity contribution in [1.82, 2.24) is 0 Å². The molecule has 170 valence electrons. The lowest BCUT2D eigenvalue weighted by Gasteiger charge is -2.19. The topological polar surface area (TPSA) is 18.5 Å². The van der Waals surface area contributed by atoms with Gasteiger partial charge in [-0.15, -0.1) is 0 Å². The van der Waals surface area contributed by atoms with Gasteiger partial charge >= 0.3 is 0 Å². The number of hydrogen-bond donors (Lipinski definition) is 0. The summed E-state index contributed by atoms with van der Waals surface area (Å²) in [5.74, 6) is 0. The average Bonchev–Trinajstić information content (AvgIpc) is 2.71. The molecule has 2 heteroatoms. The lowest BCUT2D eigenvalue weighted by Crippen LogP contribution is -2.19. The highest BCUT2D eigenvalue weighted by atomic mass is 16.7. The van der Waals surface area contributed by atoms with Crippen LogP contribution in [0.1, 0.15) is 149 Å². The molecule has 0 aliphatic carbocycles.